The van der Waals surface area contributed by atoms with E-state index in [1.807, 2.05) is 0 Å². The molecule has 0 radical (unpaired) electrons. The number of hydrogen-bond acceptors (Lipinski definition) is 4. The van der Waals surface area contributed by atoms with Crippen molar-refractivity contribution in [3.63, 3.8) is 0 Å². The number of halogens is 1. The summed E-state index contributed by atoms with van der Waals surface area (Å²) in [4.78, 5) is 12.0. The van der Waals surface area contributed by atoms with Crippen LogP contribution in [0.15, 0.2) is 42.5 Å². The van der Waals surface area contributed by atoms with Crippen LogP contribution in [0.25, 0.3) is 0 Å². The van der Waals surface area contributed by atoms with Gasteiger partial charge in [-0.3, -0.25) is 4.79 Å². The lowest BCUT2D eigenvalue weighted by molar-refractivity contribution is -0.113. The molecule has 0 bridgehead atoms. The van der Waals surface area contributed by atoms with Crippen molar-refractivity contribution in [2.24, 2.45) is 0 Å². The quantitative estimate of drug-likeness (QED) is 0.838. The molecule has 0 aliphatic carbocycles. The Labute approximate surface area is 139 Å². The van der Waals surface area contributed by atoms with Crippen molar-refractivity contribution >= 4 is 23.4 Å². The van der Waals surface area contributed by atoms with Gasteiger partial charge in [0.1, 0.15) is 17.3 Å². The summed E-state index contributed by atoms with van der Waals surface area (Å²) >= 11 is 1.35. The Morgan fingerprint density at radius 2 is 1.96 bits per heavy atom. The van der Waals surface area contributed by atoms with E-state index in [0.29, 0.717) is 28.5 Å². The minimum atomic E-state index is -0.253. The largest absolute Gasteiger partial charge is 0.497 e. The highest BCUT2D eigenvalue weighted by molar-refractivity contribution is 7.99. The molecule has 2 rings (SSSR count). The van der Waals surface area contributed by atoms with Crippen molar-refractivity contribution in [1.82, 2.24) is 0 Å². The van der Waals surface area contributed by atoms with Gasteiger partial charge in [0.15, 0.2) is 0 Å². The third kappa shape index (κ3) is 4.89. The maximum absolute atomic E-state index is 13.5. The number of amides is 1. The molecule has 2 aromatic carbocycles. The number of methoxy groups -OCH3 is 2. The highest BCUT2D eigenvalue weighted by atomic mass is 32.2. The van der Waals surface area contributed by atoms with Gasteiger partial charge in [-0.15, -0.1) is 11.8 Å². The first-order valence-electron chi connectivity index (χ1n) is 6.97. The standard InChI is InChI=1S/C17H18FNO3S/c1-21-13-7-8-15(16(9-13)22-2)19-17(20)11-23-10-12-5-3-4-6-14(12)18/h3-9H,10-11H2,1-2H3,(H,19,20). The number of anilines is 1. The molecule has 0 atom stereocenters. The second-order valence-electron chi connectivity index (χ2n) is 4.70. The monoisotopic (exact) mass is 335 g/mol. The lowest BCUT2D eigenvalue weighted by atomic mass is 10.2. The zero-order valence-electron chi connectivity index (χ0n) is 13.0. The number of carbonyl (C=O) groups excluding carboxylic acids is 1. The summed E-state index contributed by atoms with van der Waals surface area (Å²) in [5.74, 6) is 1.42. The van der Waals surface area contributed by atoms with Crippen LogP contribution in [0.1, 0.15) is 5.56 Å². The minimum absolute atomic E-state index is 0.171. The van der Waals surface area contributed by atoms with Crippen LogP contribution in [0, 0.1) is 5.82 Å². The third-order valence-electron chi connectivity index (χ3n) is 3.13. The molecule has 0 spiro atoms. The van der Waals surface area contributed by atoms with Crippen molar-refractivity contribution in [3.8, 4) is 11.5 Å². The smallest absolute Gasteiger partial charge is 0.234 e. The zero-order chi connectivity index (χ0) is 16.7. The van der Waals surface area contributed by atoms with Gasteiger partial charge in [-0.2, -0.15) is 0 Å². The predicted octanol–water partition coefficient (Wildman–Crippen LogP) is 3.71. The van der Waals surface area contributed by atoms with Crippen LogP contribution in [0.5, 0.6) is 11.5 Å². The molecule has 0 saturated carbocycles. The Bertz CT molecular complexity index is 679. The molecule has 0 aromatic heterocycles. The van der Waals surface area contributed by atoms with Crippen molar-refractivity contribution in [2.75, 3.05) is 25.3 Å². The lowest BCUT2D eigenvalue weighted by Gasteiger charge is -2.11. The Kier molecular flexibility index (Phi) is 6.29. The first-order valence-corrected chi connectivity index (χ1v) is 8.12. The maximum atomic E-state index is 13.5. The molecule has 0 unspecified atom stereocenters. The zero-order valence-corrected chi connectivity index (χ0v) is 13.8. The van der Waals surface area contributed by atoms with Crippen molar-refractivity contribution in [2.45, 2.75) is 5.75 Å². The third-order valence-corrected chi connectivity index (χ3v) is 4.11. The van der Waals surface area contributed by atoms with Crippen molar-refractivity contribution in [1.29, 1.82) is 0 Å². The molecule has 1 N–H and O–H groups in total. The summed E-state index contributed by atoms with van der Waals surface area (Å²) in [5, 5.41) is 2.78. The van der Waals surface area contributed by atoms with Crippen LogP contribution >= 0.6 is 11.8 Å². The van der Waals surface area contributed by atoms with E-state index in [4.69, 9.17) is 9.47 Å². The number of hydrogen-bond donors (Lipinski definition) is 1. The Balaban J connectivity index is 1.89. The minimum Gasteiger partial charge on any atom is -0.497 e. The summed E-state index contributed by atoms with van der Waals surface area (Å²) < 4.78 is 23.8. The van der Waals surface area contributed by atoms with Gasteiger partial charge in [-0.05, 0) is 23.8 Å². The number of nitrogens with one attached hydrogen (secondary N) is 1. The average Bonchev–Trinajstić information content (AvgIpc) is 2.57. The SMILES string of the molecule is COc1ccc(NC(=O)CSCc2ccccc2F)c(OC)c1. The molecule has 2 aromatic rings. The van der Waals surface area contributed by atoms with E-state index in [0.717, 1.165) is 0 Å². The van der Waals surface area contributed by atoms with Gasteiger partial charge in [0.25, 0.3) is 0 Å². The lowest BCUT2D eigenvalue weighted by Crippen LogP contribution is -2.15. The van der Waals surface area contributed by atoms with Crippen LogP contribution in [0.4, 0.5) is 10.1 Å². The highest BCUT2D eigenvalue weighted by Crippen LogP contribution is 2.29. The van der Waals surface area contributed by atoms with E-state index in [9.17, 15) is 9.18 Å². The van der Waals surface area contributed by atoms with Gasteiger partial charge in [0.05, 0.1) is 25.7 Å². The first-order chi connectivity index (χ1) is 11.1. The highest BCUT2D eigenvalue weighted by Gasteiger charge is 2.09. The van der Waals surface area contributed by atoms with Gasteiger partial charge in [-0.1, -0.05) is 18.2 Å². The summed E-state index contributed by atoms with van der Waals surface area (Å²) in [6.07, 6.45) is 0. The summed E-state index contributed by atoms with van der Waals surface area (Å²) in [5.41, 5.74) is 1.16. The van der Waals surface area contributed by atoms with Gasteiger partial charge < -0.3 is 14.8 Å². The molecule has 6 heteroatoms. The van der Waals surface area contributed by atoms with E-state index < -0.39 is 0 Å². The molecular weight excluding hydrogens is 317 g/mol. The molecular formula is C17H18FNO3S. The summed E-state index contributed by atoms with van der Waals surface area (Å²) in [6.45, 7) is 0. The fraction of sp³-hybridized carbons (Fsp3) is 0.235. The number of thioether (sulfide) groups is 1. The van der Waals surface area contributed by atoms with E-state index in [2.05, 4.69) is 5.32 Å². The predicted molar refractivity (Wildman–Crippen MR) is 90.7 cm³/mol. The van der Waals surface area contributed by atoms with Crippen LogP contribution < -0.4 is 14.8 Å². The fourth-order valence-corrected chi connectivity index (χ4v) is 2.77. The van der Waals surface area contributed by atoms with Crippen molar-refractivity contribution in [3.05, 3.63) is 53.8 Å². The van der Waals surface area contributed by atoms with E-state index >= 15 is 0 Å². The van der Waals surface area contributed by atoms with Crippen LogP contribution in [-0.4, -0.2) is 25.9 Å². The first kappa shape index (κ1) is 17.1. The Morgan fingerprint density at radius 1 is 1.17 bits per heavy atom. The Hall–Kier alpha value is -2.21. The topological polar surface area (TPSA) is 47.6 Å². The normalized spacial score (nSPS) is 10.2. The van der Waals surface area contributed by atoms with Gasteiger partial charge in [0.2, 0.25) is 5.91 Å². The summed E-state index contributed by atoms with van der Waals surface area (Å²) in [7, 11) is 3.09. The molecule has 0 aliphatic heterocycles. The number of ether oxygens (including phenoxy) is 2. The molecule has 23 heavy (non-hydrogen) atoms. The van der Waals surface area contributed by atoms with E-state index in [1.165, 1.54) is 24.9 Å². The molecule has 0 fully saturated rings. The fourth-order valence-electron chi connectivity index (χ4n) is 1.96. The number of benzene rings is 2. The average molecular weight is 335 g/mol. The van der Waals surface area contributed by atoms with E-state index in [-0.39, 0.29) is 17.5 Å². The second kappa shape index (κ2) is 8.43. The van der Waals surface area contributed by atoms with Crippen LogP contribution in [-0.2, 0) is 10.5 Å². The molecule has 1 amide bonds. The Morgan fingerprint density at radius 3 is 2.65 bits per heavy atom. The molecule has 122 valence electrons. The molecule has 0 saturated heterocycles. The summed E-state index contributed by atoms with van der Waals surface area (Å²) in [6, 6.07) is 11.7. The van der Waals surface area contributed by atoms with Gasteiger partial charge >= 0.3 is 0 Å². The maximum Gasteiger partial charge on any atom is 0.234 e. The molecule has 0 aliphatic rings. The number of rotatable bonds is 7. The van der Waals surface area contributed by atoms with E-state index in [1.54, 1.807) is 43.5 Å². The molecule has 4 nitrogen and oxygen atoms in total. The second-order valence-corrected chi connectivity index (χ2v) is 5.68. The van der Waals surface area contributed by atoms with Gasteiger partial charge in [-0.25, -0.2) is 4.39 Å². The number of carbonyl (C=O) groups is 1. The van der Waals surface area contributed by atoms with Gasteiger partial charge in [0, 0.05) is 11.8 Å². The molecule has 0 heterocycles. The van der Waals surface area contributed by atoms with Crippen LogP contribution in [0.3, 0.4) is 0 Å². The van der Waals surface area contributed by atoms with Crippen molar-refractivity contribution < 1.29 is 18.7 Å². The van der Waals surface area contributed by atoms with Crippen LogP contribution in [0.2, 0.25) is 0 Å².